The zero-order valence-electron chi connectivity index (χ0n) is 12.4. The predicted octanol–water partition coefficient (Wildman–Crippen LogP) is 4.30. The Labute approximate surface area is 147 Å². The lowest BCUT2D eigenvalue weighted by Crippen LogP contribution is -2.21. The molecular weight excluding hydrogens is 345 g/mol. The number of benzene rings is 2. The molecule has 0 unspecified atom stereocenters. The molecule has 0 atom stereocenters. The van der Waals surface area contributed by atoms with E-state index in [0.29, 0.717) is 27.5 Å². The van der Waals surface area contributed by atoms with Crippen molar-refractivity contribution in [2.45, 2.75) is 6.54 Å². The summed E-state index contributed by atoms with van der Waals surface area (Å²) in [6.45, 7) is 0.360. The van der Waals surface area contributed by atoms with Crippen LogP contribution in [-0.4, -0.2) is 14.5 Å². The van der Waals surface area contributed by atoms with Gasteiger partial charge in [-0.25, -0.2) is 4.98 Å². The van der Waals surface area contributed by atoms with Crippen LogP contribution in [0, 0.1) is 0 Å². The first-order valence-corrected chi connectivity index (χ1v) is 8.06. The highest BCUT2D eigenvalue weighted by molar-refractivity contribution is 6.35. The van der Waals surface area contributed by atoms with Crippen molar-refractivity contribution in [3.05, 3.63) is 81.0 Å². The zero-order valence-corrected chi connectivity index (χ0v) is 13.9. The van der Waals surface area contributed by atoms with E-state index in [2.05, 4.69) is 9.97 Å². The second kappa shape index (κ2) is 5.89. The minimum Gasteiger partial charge on any atom is -0.294 e. The van der Waals surface area contributed by atoms with Gasteiger partial charge in [-0.2, -0.15) is 0 Å². The van der Waals surface area contributed by atoms with Crippen molar-refractivity contribution in [2.75, 3.05) is 0 Å². The van der Waals surface area contributed by atoms with Gasteiger partial charge in [0.05, 0.1) is 29.3 Å². The molecule has 24 heavy (non-hydrogen) atoms. The Hall–Kier alpha value is -2.43. The SMILES string of the molecule is O=c1c2cc(Cl)ccc2ncn1Cc1ccc(Cl)c2cccnc12. The van der Waals surface area contributed by atoms with E-state index in [0.717, 1.165) is 16.5 Å². The zero-order chi connectivity index (χ0) is 16.7. The first kappa shape index (κ1) is 15.1. The molecule has 0 bridgehead atoms. The molecule has 0 radical (unpaired) electrons. The maximum atomic E-state index is 12.7. The van der Waals surface area contributed by atoms with Crippen LogP contribution >= 0.6 is 23.2 Å². The van der Waals surface area contributed by atoms with Crippen molar-refractivity contribution in [1.29, 1.82) is 0 Å². The molecule has 0 aliphatic rings. The summed E-state index contributed by atoms with van der Waals surface area (Å²) in [6, 6.07) is 12.5. The average Bonchev–Trinajstić information content (AvgIpc) is 2.60. The standard InChI is InChI=1S/C18H11Cl2N3O/c19-12-4-6-16-14(8-12)18(24)23(10-22-16)9-11-3-5-15(20)13-2-1-7-21-17(11)13/h1-8,10H,9H2. The Balaban J connectivity index is 1.87. The minimum absolute atomic E-state index is 0.137. The molecule has 0 fully saturated rings. The molecule has 0 aliphatic carbocycles. The van der Waals surface area contributed by atoms with Crippen molar-refractivity contribution in [1.82, 2.24) is 14.5 Å². The van der Waals surface area contributed by atoms with Crippen LogP contribution < -0.4 is 5.56 Å². The highest BCUT2D eigenvalue weighted by Crippen LogP contribution is 2.25. The maximum absolute atomic E-state index is 12.7. The van der Waals surface area contributed by atoms with Crippen molar-refractivity contribution >= 4 is 45.0 Å². The van der Waals surface area contributed by atoms with Crippen LogP contribution in [0.3, 0.4) is 0 Å². The molecule has 0 N–H and O–H groups in total. The summed E-state index contributed by atoms with van der Waals surface area (Å²) in [5, 5.41) is 2.51. The van der Waals surface area contributed by atoms with Gasteiger partial charge in [0.15, 0.2) is 0 Å². The summed E-state index contributed by atoms with van der Waals surface area (Å²) in [5.74, 6) is 0. The van der Waals surface area contributed by atoms with E-state index < -0.39 is 0 Å². The molecule has 2 aromatic heterocycles. The van der Waals surface area contributed by atoms with Crippen LogP contribution in [0.1, 0.15) is 5.56 Å². The van der Waals surface area contributed by atoms with Crippen molar-refractivity contribution < 1.29 is 0 Å². The fourth-order valence-corrected chi connectivity index (χ4v) is 3.14. The van der Waals surface area contributed by atoms with Gasteiger partial charge in [-0.05, 0) is 42.0 Å². The van der Waals surface area contributed by atoms with Crippen molar-refractivity contribution in [2.24, 2.45) is 0 Å². The molecule has 4 rings (SSSR count). The molecule has 4 aromatic rings. The Bertz CT molecular complexity index is 1140. The summed E-state index contributed by atoms with van der Waals surface area (Å²) in [4.78, 5) is 21.4. The number of fused-ring (bicyclic) bond motifs is 2. The average molecular weight is 356 g/mol. The predicted molar refractivity (Wildman–Crippen MR) is 96.9 cm³/mol. The third-order valence-electron chi connectivity index (χ3n) is 3.93. The number of aromatic nitrogens is 3. The van der Waals surface area contributed by atoms with Gasteiger partial charge in [0.25, 0.3) is 5.56 Å². The van der Waals surface area contributed by atoms with Gasteiger partial charge >= 0.3 is 0 Å². The second-order valence-corrected chi connectivity index (χ2v) is 6.29. The number of pyridine rings is 1. The molecule has 0 saturated carbocycles. The van der Waals surface area contributed by atoms with Gasteiger partial charge < -0.3 is 0 Å². The topological polar surface area (TPSA) is 47.8 Å². The lowest BCUT2D eigenvalue weighted by molar-refractivity contribution is 0.751. The van der Waals surface area contributed by atoms with Crippen LogP contribution in [0.5, 0.6) is 0 Å². The van der Waals surface area contributed by atoms with Gasteiger partial charge in [-0.3, -0.25) is 14.3 Å². The van der Waals surface area contributed by atoms with Gasteiger partial charge in [0, 0.05) is 21.6 Å². The summed E-state index contributed by atoms with van der Waals surface area (Å²) < 4.78 is 1.55. The Morgan fingerprint density at radius 1 is 1.00 bits per heavy atom. The smallest absolute Gasteiger partial charge is 0.261 e. The fourth-order valence-electron chi connectivity index (χ4n) is 2.75. The highest BCUT2D eigenvalue weighted by atomic mass is 35.5. The Kier molecular flexibility index (Phi) is 3.71. The first-order valence-electron chi connectivity index (χ1n) is 7.30. The summed E-state index contributed by atoms with van der Waals surface area (Å²) >= 11 is 12.2. The molecule has 4 nitrogen and oxygen atoms in total. The van der Waals surface area contributed by atoms with E-state index in [-0.39, 0.29) is 5.56 Å². The van der Waals surface area contributed by atoms with Crippen molar-refractivity contribution in [3.8, 4) is 0 Å². The minimum atomic E-state index is -0.137. The van der Waals surface area contributed by atoms with Crippen molar-refractivity contribution in [3.63, 3.8) is 0 Å². The third kappa shape index (κ3) is 2.54. The summed E-state index contributed by atoms with van der Waals surface area (Å²) in [7, 11) is 0. The summed E-state index contributed by atoms with van der Waals surface area (Å²) in [5.41, 5.74) is 2.17. The molecule has 0 amide bonds. The second-order valence-electron chi connectivity index (χ2n) is 5.45. The molecule has 118 valence electrons. The molecule has 0 saturated heterocycles. The maximum Gasteiger partial charge on any atom is 0.261 e. The molecule has 6 heteroatoms. The number of hydrogen-bond acceptors (Lipinski definition) is 3. The van der Waals surface area contributed by atoms with Gasteiger partial charge in [-0.1, -0.05) is 29.3 Å². The third-order valence-corrected chi connectivity index (χ3v) is 4.49. The van der Waals surface area contributed by atoms with Crippen LogP contribution in [0.15, 0.2) is 59.8 Å². The van der Waals surface area contributed by atoms with E-state index in [4.69, 9.17) is 23.2 Å². The van der Waals surface area contributed by atoms with Crippen LogP contribution in [0.2, 0.25) is 10.0 Å². The van der Waals surface area contributed by atoms with E-state index in [1.165, 1.54) is 0 Å². The van der Waals surface area contributed by atoms with Gasteiger partial charge in [-0.15, -0.1) is 0 Å². The fraction of sp³-hybridized carbons (Fsp3) is 0.0556. The van der Waals surface area contributed by atoms with Gasteiger partial charge in [0.1, 0.15) is 0 Å². The lowest BCUT2D eigenvalue weighted by Gasteiger charge is -2.10. The van der Waals surface area contributed by atoms with Crippen LogP contribution in [0.25, 0.3) is 21.8 Å². The molecular formula is C18H11Cl2N3O. The van der Waals surface area contributed by atoms with E-state index in [1.807, 2.05) is 24.3 Å². The van der Waals surface area contributed by atoms with E-state index in [9.17, 15) is 4.79 Å². The Morgan fingerprint density at radius 2 is 1.88 bits per heavy atom. The number of rotatable bonds is 2. The lowest BCUT2D eigenvalue weighted by atomic mass is 10.1. The molecule has 0 spiro atoms. The normalized spacial score (nSPS) is 11.2. The molecule has 0 aliphatic heterocycles. The number of hydrogen-bond donors (Lipinski definition) is 0. The number of nitrogens with zero attached hydrogens (tertiary/aromatic N) is 3. The van der Waals surface area contributed by atoms with Gasteiger partial charge in [0.2, 0.25) is 0 Å². The van der Waals surface area contributed by atoms with E-state index in [1.54, 1.807) is 35.3 Å². The highest BCUT2D eigenvalue weighted by Gasteiger charge is 2.09. The largest absolute Gasteiger partial charge is 0.294 e. The monoisotopic (exact) mass is 355 g/mol. The van der Waals surface area contributed by atoms with Crippen LogP contribution in [0.4, 0.5) is 0 Å². The summed E-state index contributed by atoms with van der Waals surface area (Å²) in [6.07, 6.45) is 3.26. The quantitative estimate of drug-likeness (QED) is 0.538. The Morgan fingerprint density at radius 3 is 2.75 bits per heavy atom. The molecule has 2 aromatic carbocycles. The van der Waals surface area contributed by atoms with E-state index >= 15 is 0 Å². The first-order chi connectivity index (χ1) is 11.6. The van der Waals surface area contributed by atoms with Crippen LogP contribution in [-0.2, 0) is 6.54 Å². The number of halogens is 2. The molecule has 2 heterocycles.